The molecule has 0 N–H and O–H groups in total. The molecule has 1 aromatic heterocycles. The van der Waals surface area contributed by atoms with Crippen molar-refractivity contribution in [1.82, 2.24) is 15.0 Å². The van der Waals surface area contributed by atoms with Crippen LogP contribution in [0.5, 0.6) is 0 Å². The molecule has 0 aliphatic heterocycles. The van der Waals surface area contributed by atoms with E-state index in [0.717, 1.165) is 22.2 Å². The van der Waals surface area contributed by atoms with Gasteiger partial charge in [0.2, 0.25) is 0 Å². The summed E-state index contributed by atoms with van der Waals surface area (Å²) in [7, 11) is 0. The van der Waals surface area contributed by atoms with Gasteiger partial charge in [-0.25, -0.2) is 4.68 Å². The topological polar surface area (TPSA) is 66.2 Å². The molecule has 0 aliphatic rings. The Morgan fingerprint density at radius 3 is 2.75 bits per heavy atom. The number of rotatable bonds is 6. The second-order valence-electron chi connectivity index (χ2n) is 4.59. The zero-order valence-electron chi connectivity index (χ0n) is 12.0. The summed E-state index contributed by atoms with van der Waals surface area (Å²) in [6, 6.07) is 3.95. The number of nitrogens with zero attached hydrogens (tertiary/aromatic N) is 3. The summed E-state index contributed by atoms with van der Waals surface area (Å²) in [5.41, 5.74) is 3.93. The van der Waals surface area contributed by atoms with Crippen molar-refractivity contribution >= 4 is 17.0 Å². The zero-order valence-corrected chi connectivity index (χ0v) is 12.0. The van der Waals surface area contributed by atoms with Gasteiger partial charge in [0, 0.05) is 6.61 Å². The van der Waals surface area contributed by atoms with Gasteiger partial charge < -0.3 is 9.47 Å². The molecule has 0 spiro atoms. The van der Waals surface area contributed by atoms with Crippen molar-refractivity contribution in [3.8, 4) is 0 Å². The van der Waals surface area contributed by atoms with Gasteiger partial charge in [0.05, 0.1) is 12.1 Å². The SMILES string of the molecule is CCOCCOC(=O)Cn1nnc2cc(C)c(C)cc21. The Balaban J connectivity index is 2.02. The number of aromatic nitrogens is 3. The summed E-state index contributed by atoms with van der Waals surface area (Å²) in [6.45, 7) is 7.29. The molecule has 20 heavy (non-hydrogen) atoms. The van der Waals surface area contributed by atoms with Crippen molar-refractivity contribution in [3.05, 3.63) is 23.3 Å². The first-order valence-electron chi connectivity index (χ1n) is 6.65. The van der Waals surface area contributed by atoms with Crippen LogP contribution < -0.4 is 0 Å². The van der Waals surface area contributed by atoms with E-state index in [1.165, 1.54) is 0 Å². The fourth-order valence-electron chi connectivity index (χ4n) is 1.87. The third kappa shape index (κ3) is 3.33. The van der Waals surface area contributed by atoms with Crippen LogP contribution in [0.2, 0.25) is 0 Å². The van der Waals surface area contributed by atoms with Gasteiger partial charge in [0.1, 0.15) is 18.7 Å². The van der Waals surface area contributed by atoms with Crippen LogP contribution in [0.25, 0.3) is 11.0 Å². The lowest BCUT2D eigenvalue weighted by molar-refractivity contribution is -0.146. The van der Waals surface area contributed by atoms with Crippen molar-refractivity contribution in [2.45, 2.75) is 27.3 Å². The molecule has 2 aromatic rings. The minimum atomic E-state index is -0.338. The molecule has 0 radical (unpaired) electrons. The molecule has 0 amide bonds. The molecule has 0 fully saturated rings. The number of aryl methyl sites for hydroxylation is 2. The van der Waals surface area contributed by atoms with Gasteiger partial charge in [-0.1, -0.05) is 5.21 Å². The van der Waals surface area contributed by atoms with E-state index in [9.17, 15) is 4.79 Å². The molecule has 1 heterocycles. The first-order valence-corrected chi connectivity index (χ1v) is 6.65. The summed E-state index contributed by atoms with van der Waals surface area (Å²) >= 11 is 0. The largest absolute Gasteiger partial charge is 0.462 e. The maximum absolute atomic E-state index is 11.7. The fraction of sp³-hybridized carbons (Fsp3) is 0.500. The standard InChI is InChI=1S/C14H19N3O3/c1-4-19-5-6-20-14(18)9-17-13-8-11(3)10(2)7-12(13)15-16-17/h7-8H,4-6,9H2,1-3H3. The van der Waals surface area contributed by atoms with Crippen LogP contribution in [0.4, 0.5) is 0 Å². The van der Waals surface area contributed by atoms with Crippen molar-refractivity contribution < 1.29 is 14.3 Å². The number of hydrogen-bond acceptors (Lipinski definition) is 5. The highest BCUT2D eigenvalue weighted by molar-refractivity contribution is 5.78. The molecular weight excluding hydrogens is 258 g/mol. The lowest BCUT2D eigenvalue weighted by Crippen LogP contribution is -2.17. The molecule has 108 valence electrons. The Morgan fingerprint density at radius 2 is 2.00 bits per heavy atom. The highest BCUT2D eigenvalue weighted by atomic mass is 16.6. The van der Waals surface area contributed by atoms with E-state index in [1.807, 2.05) is 32.9 Å². The first kappa shape index (κ1) is 14.5. The highest BCUT2D eigenvalue weighted by Crippen LogP contribution is 2.17. The minimum absolute atomic E-state index is 0.0606. The monoisotopic (exact) mass is 277 g/mol. The van der Waals surface area contributed by atoms with E-state index in [4.69, 9.17) is 9.47 Å². The molecule has 0 unspecified atom stereocenters. The van der Waals surface area contributed by atoms with Crippen LogP contribution >= 0.6 is 0 Å². The van der Waals surface area contributed by atoms with Crippen LogP contribution in [0.15, 0.2) is 12.1 Å². The summed E-state index contributed by atoms with van der Waals surface area (Å²) in [5.74, 6) is -0.338. The Morgan fingerprint density at radius 1 is 1.25 bits per heavy atom. The quantitative estimate of drug-likeness (QED) is 0.593. The number of fused-ring (bicyclic) bond motifs is 1. The van der Waals surface area contributed by atoms with Gasteiger partial charge >= 0.3 is 5.97 Å². The van der Waals surface area contributed by atoms with Gasteiger partial charge in [0.25, 0.3) is 0 Å². The van der Waals surface area contributed by atoms with E-state index in [1.54, 1.807) is 4.68 Å². The van der Waals surface area contributed by atoms with Gasteiger partial charge in [-0.05, 0) is 44.0 Å². The van der Waals surface area contributed by atoms with E-state index in [0.29, 0.717) is 13.2 Å². The Bertz CT molecular complexity index is 607. The normalized spacial score (nSPS) is 10.9. The number of carbonyl (C=O) groups excluding carboxylic acids is 1. The Labute approximate surface area is 117 Å². The molecule has 0 aliphatic carbocycles. The average Bonchev–Trinajstić information content (AvgIpc) is 2.78. The van der Waals surface area contributed by atoms with Crippen LogP contribution in [0.1, 0.15) is 18.1 Å². The van der Waals surface area contributed by atoms with E-state index >= 15 is 0 Å². The van der Waals surface area contributed by atoms with Gasteiger partial charge in [0.15, 0.2) is 0 Å². The van der Waals surface area contributed by atoms with Crippen molar-refractivity contribution in [2.75, 3.05) is 19.8 Å². The lowest BCUT2D eigenvalue weighted by Gasteiger charge is -2.06. The molecule has 6 nitrogen and oxygen atoms in total. The molecular formula is C14H19N3O3. The van der Waals surface area contributed by atoms with E-state index < -0.39 is 0 Å². The molecule has 0 atom stereocenters. The summed E-state index contributed by atoms with van der Waals surface area (Å²) in [5, 5.41) is 8.06. The molecule has 0 saturated carbocycles. The first-order chi connectivity index (χ1) is 9.61. The summed E-state index contributed by atoms with van der Waals surface area (Å²) < 4.78 is 11.7. The van der Waals surface area contributed by atoms with Crippen molar-refractivity contribution in [2.24, 2.45) is 0 Å². The van der Waals surface area contributed by atoms with Gasteiger partial charge in [-0.15, -0.1) is 5.10 Å². The summed E-state index contributed by atoms with van der Waals surface area (Å²) in [4.78, 5) is 11.7. The summed E-state index contributed by atoms with van der Waals surface area (Å²) in [6.07, 6.45) is 0. The number of ether oxygens (including phenoxy) is 2. The third-order valence-electron chi connectivity index (χ3n) is 3.10. The molecule has 6 heteroatoms. The molecule has 1 aromatic carbocycles. The predicted octanol–water partition coefficient (Wildman–Crippen LogP) is 1.63. The molecule has 0 saturated heterocycles. The molecule has 2 rings (SSSR count). The Kier molecular flexibility index (Phi) is 4.68. The second-order valence-corrected chi connectivity index (χ2v) is 4.59. The van der Waals surface area contributed by atoms with Crippen LogP contribution in [0, 0.1) is 13.8 Å². The third-order valence-corrected chi connectivity index (χ3v) is 3.10. The predicted molar refractivity (Wildman–Crippen MR) is 74.5 cm³/mol. The maximum atomic E-state index is 11.7. The van der Waals surface area contributed by atoms with Gasteiger partial charge in [-0.3, -0.25) is 4.79 Å². The lowest BCUT2D eigenvalue weighted by atomic mass is 10.1. The second kappa shape index (κ2) is 6.47. The molecule has 0 bridgehead atoms. The maximum Gasteiger partial charge on any atom is 0.327 e. The van der Waals surface area contributed by atoms with Crippen LogP contribution in [-0.4, -0.2) is 40.8 Å². The Hall–Kier alpha value is -1.95. The smallest absolute Gasteiger partial charge is 0.327 e. The fourth-order valence-corrected chi connectivity index (χ4v) is 1.87. The average molecular weight is 277 g/mol. The van der Waals surface area contributed by atoms with Crippen LogP contribution in [0.3, 0.4) is 0 Å². The van der Waals surface area contributed by atoms with Crippen molar-refractivity contribution in [3.63, 3.8) is 0 Å². The zero-order chi connectivity index (χ0) is 14.5. The van der Waals surface area contributed by atoms with Crippen LogP contribution in [-0.2, 0) is 20.8 Å². The number of benzene rings is 1. The minimum Gasteiger partial charge on any atom is -0.462 e. The van der Waals surface area contributed by atoms with E-state index in [2.05, 4.69) is 10.3 Å². The number of hydrogen-bond donors (Lipinski definition) is 0. The number of carbonyl (C=O) groups is 1. The van der Waals surface area contributed by atoms with Crippen molar-refractivity contribution in [1.29, 1.82) is 0 Å². The number of esters is 1. The van der Waals surface area contributed by atoms with E-state index in [-0.39, 0.29) is 19.1 Å². The van der Waals surface area contributed by atoms with Gasteiger partial charge in [-0.2, -0.15) is 0 Å². The highest BCUT2D eigenvalue weighted by Gasteiger charge is 2.11.